The highest BCUT2D eigenvalue weighted by Gasteiger charge is 2.37. The van der Waals surface area contributed by atoms with Crippen LogP contribution in [0.1, 0.15) is 5.76 Å². The molecule has 3 rings (SSSR count). The Bertz CT molecular complexity index is 457. The van der Waals surface area contributed by atoms with E-state index in [0.29, 0.717) is 19.6 Å². The zero-order valence-corrected chi connectivity index (χ0v) is 9.96. The smallest absolute Gasteiger partial charge is 0.242 e. The van der Waals surface area contributed by atoms with Gasteiger partial charge in [0.1, 0.15) is 12.3 Å². The molecule has 1 atom stereocenters. The van der Waals surface area contributed by atoms with Gasteiger partial charge in [0.25, 0.3) is 0 Å². The molecule has 6 heteroatoms. The molecule has 6 nitrogen and oxygen atoms in total. The number of fused-ring (bicyclic) bond motifs is 1. The molecule has 2 aliphatic rings. The van der Waals surface area contributed by atoms with Crippen molar-refractivity contribution in [3.05, 3.63) is 24.2 Å². The Balaban J connectivity index is 1.71. The maximum Gasteiger partial charge on any atom is 0.242 e. The first kappa shape index (κ1) is 11.3. The van der Waals surface area contributed by atoms with Crippen LogP contribution >= 0.6 is 0 Å². The molecule has 0 saturated carbocycles. The second-order valence-corrected chi connectivity index (χ2v) is 4.66. The first-order valence-corrected chi connectivity index (χ1v) is 6.04. The number of carbonyl (C=O) groups excluding carboxylic acids is 2. The van der Waals surface area contributed by atoms with Crippen LogP contribution < -0.4 is 5.32 Å². The Hall–Kier alpha value is -1.82. The fourth-order valence-electron chi connectivity index (χ4n) is 2.49. The highest BCUT2D eigenvalue weighted by atomic mass is 16.3. The van der Waals surface area contributed by atoms with E-state index in [2.05, 4.69) is 5.32 Å². The Morgan fingerprint density at radius 2 is 2.28 bits per heavy atom. The predicted octanol–water partition coefficient (Wildman–Crippen LogP) is -0.578. The third kappa shape index (κ3) is 1.99. The average Bonchev–Trinajstić information content (AvgIpc) is 2.84. The van der Waals surface area contributed by atoms with Gasteiger partial charge in [0.05, 0.1) is 25.4 Å². The fourth-order valence-corrected chi connectivity index (χ4v) is 2.49. The molecule has 0 radical (unpaired) electrons. The maximum absolute atomic E-state index is 12.0. The summed E-state index contributed by atoms with van der Waals surface area (Å²) in [6.45, 7) is 2.31. The molecular formula is C12H15N3O3. The van der Waals surface area contributed by atoms with Crippen molar-refractivity contribution in [2.45, 2.75) is 12.6 Å². The molecule has 1 aromatic heterocycles. The van der Waals surface area contributed by atoms with Crippen molar-refractivity contribution in [1.29, 1.82) is 0 Å². The number of rotatable bonds is 2. The minimum absolute atomic E-state index is 0.0113. The van der Waals surface area contributed by atoms with Crippen LogP contribution in [-0.2, 0) is 16.1 Å². The van der Waals surface area contributed by atoms with Gasteiger partial charge in [-0.05, 0) is 12.1 Å². The van der Waals surface area contributed by atoms with E-state index in [1.165, 1.54) is 0 Å². The molecule has 0 aromatic carbocycles. The summed E-state index contributed by atoms with van der Waals surface area (Å²) in [6.07, 6.45) is 1.60. The minimum atomic E-state index is -0.0158. The zero-order chi connectivity index (χ0) is 12.5. The lowest BCUT2D eigenvalue weighted by atomic mass is 10.1. The van der Waals surface area contributed by atoms with Crippen molar-refractivity contribution < 1.29 is 14.0 Å². The van der Waals surface area contributed by atoms with E-state index in [0.717, 1.165) is 12.3 Å². The van der Waals surface area contributed by atoms with Crippen molar-refractivity contribution in [3.8, 4) is 0 Å². The molecule has 1 aromatic rings. The van der Waals surface area contributed by atoms with Crippen LogP contribution in [0.2, 0.25) is 0 Å². The summed E-state index contributed by atoms with van der Waals surface area (Å²) in [5.41, 5.74) is 0. The average molecular weight is 249 g/mol. The second kappa shape index (κ2) is 4.45. The largest absolute Gasteiger partial charge is 0.467 e. The van der Waals surface area contributed by atoms with Gasteiger partial charge in [-0.25, -0.2) is 0 Å². The number of nitrogens with zero attached hydrogens (tertiary/aromatic N) is 2. The highest BCUT2D eigenvalue weighted by Crippen LogP contribution is 2.16. The first-order chi connectivity index (χ1) is 8.74. The normalized spacial score (nSPS) is 24.3. The molecular weight excluding hydrogens is 234 g/mol. The standard InChI is InChI=1S/C12H15N3O3/c16-11-5-13-4-9-6-14(12(17)8-15(9)11)7-10-2-1-3-18-10/h1-3,9,13H,4-8H2. The quantitative estimate of drug-likeness (QED) is 0.761. The Morgan fingerprint density at radius 3 is 3.06 bits per heavy atom. The number of piperazine rings is 2. The van der Waals surface area contributed by atoms with E-state index in [4.69, 9.17) is 4.42 Å². The van der Waals surface area contributed by atoms with Crippen LogP contribution in [0.15, 0.2) is 22.8 Å². The van der Waals surface area contributed by atoms with Gasteiger partial charge >= 0.3 is 0 Å². The Kier molecular flexibility index (Phi) is 2.79. The summed E-state index contributed by atoms with van der Waals surface area (Å²) in [7, 11) is 0. The number of amides is 2. The molecule has 2 amide bonds. The van der Waals surface area contributed by atoms with Gasteiger partial charge in [0.2, 0.25) is 11.8 Å². The lowest BCUT2D eigenvalue weighted by molar-refractivity contribution is -0.151. The summed E-state index contributed by atoms with van der Waals surface area (Å²) in [5, 5.41) is 3.08. The van der Waals surface area contributed by atoms with E-state index in [-0.39, 0.29) is 24.4 Å². The van der Waals surface area contributed by atoms with Crippen LogP contribution in [0.25, 0.3) is 0 Å². The molecule has 0 spiro atoms. The van der Waals surface area contributed by atoms with E-state index in [1.54, 1.807) is 16.1 Å². The number of hydrogen-bond acceptors (Lipinski definition) is 4. The summed E-state index contributed by atoms with van der Waals surface area (Å²) in [5.74, 6) is 0.766. The van der Waals surface area contributed by atoms with Gasteiger partial charge in [-0.15, -0.1) is 0 Å². The molecule has 3 heterocycles. The van der Waals surface area contributed by atoms with Crippen molar-refractivity contribution >= 4 is 11.8 Å². The van der Waals surface area contributed by atoms with E-state index in [1.807, 2.05) is 12.1 Å². The van der Waals surface area contributed by atoms with E-state index in [9.17, 15) is 9.59 Å². The number of carbonyl (C=O) groups is 2. The molecule has 18 heavy (non-hydrogen) atoms. The molecule has 0 aliphatic carbocycles. The van der Waals surface area contributed by atoms with Crippen LogP contribution in [0.5, 0.6) is 0 Å². The third-order valence-electron chi connectivity index (χ3n) is 3.43. The van der Waals surface area contributed by atoms with Crippen LogP contribution in [-0.4, -0.2) is 53.8 Å². The predicted molar refractivity (Wildman–Crippen MR) is 62.5 cm³/mol. The van der Waals surface area contributed by atoms with Crippen molar-refractivity contribution in [2.75, 3.05) is 26.2 Å². The summed E-state index contributed by atoms with van der Waals surface area (Å²) in [6, 6.07) is 3.74. The molecule has 2 aliphatic heterocycles. The molecule has 1 N–H and O–H groups in total. The lowest BCUT2D eigenvalue weighted by Gasteiger charge is -2.43. The number of hydrogen-bond donors (Lipinski definition) is 1. The summed E-state index contributed by atoms with van der Waals surface area (Å²) < 4.78 is 5.25. The van der Waals surface area contributed by atoms with E-state index >= 15 is 0 Å². The molecule has 2 saturated heterocycles. The van der Waals surface area contributed by atoms with Crippen molar-refractivity contribution in [2.24, 2.45) is 0 Å². The third-order valence-corrected chi connectivity index (χ3v) is 3.43. The monoisotopic (exact) mass is 249 g/mol. The van der Waals surface area contributed by atoms with Gasteiger partial charge < -0.3 is 19.5 Å². The van der Waals surface area contributed by atoms with Gasteiger partial charge in [0, 0.05) is 13.1 Å². The van der Waals surface area contributed by atoms with Gasteiger partial charge in [0.15, 0.2) is 0 Å². The maximum atomic E-state index is 12.0. The van der Waals surface area contributed by atoms with E-state index < -0.39 is 0 Å². The number of furan rings is 1. The fraction of sp³-hybridized carbons (Fsp3) is 0.500. The van der Waals surface area contributed by atoms with Crippen molar-refractivity contribution in [3.63, 3.8) is 0 Å². The van der Waals surface area contributed by atoms with Crippen LogP contribution in [0.4, 0.5) is 0 Å². The van der Waals surface area contributed by atoms with Gasteiger partial charge in [-0.1, -0.05) is 0 Å². The van der Waals surface area contributed by atoms with Crippen molar-refractivity contribution in [1.82, 2.24) is 15.1 Å². The Morgan fingerprint density at radius 1 is 1.39 bits per heavy atom. The number of nitrogens with one attached hydrogen (secondary N) is 1. The van der Waals surface area contributed by atoms with Gasteiger partial charge in [-0.3, -0.25) is 9.59 Å². The molecule has 0 bridgehead atoms. The minimum Gasteiger partial charge on any atom is -0.467 e. The van der Waals surface area contributed by atoms with Crippen LogP contribution in [0, 0.1) is 0 Å². The lowest BCUT2D eigenvalue weighted by Crippen LogP contribution is -2.64. The topological polar surface area (TPSA) is 65.8 Å². The SMILES string of the molecule is O=C1CN2C(=O)CNCC2CN1Cc1ccco1. The summed E-state index contributed by atoms with van der Waals surface area (Å²) >= 11 is 0. The molecule has 96 valence electrons. The second-order valence-electron chi connectivity index (χ2n) is 4.66. The summed E-state index contributed by atoms with van der Waals surface area (Å²) in [4.78, 5) is 27.1. The molecule has 1 unspecified atom stereocenters. The molecule has 2 fully saturated rings. The Labute approximate surface area is 105 Å². The van der Waals surface area contributed by atoms with Crippen LogP contribution in [0.3, 0.4) is 0 Å². The highest BCUT2D eigenvalue weighted by molar-refractivity contribution is 5.87. The first-order valence-electron chi connectivity index (χ1n) is 6.04. The zero-order valence-electron chi connectivity index (χ0n) is 9.96. The van der Waals surface area contributed by atoms with Gasteiger partial charge in [-0.2, -0.15) is 0 Å².